The molecule has 1 aliphatic carbocycles. The topological polar surface area (TPSA) is 89.5 Å². The molecular formula is C27H35F2N3O4S. The number of hydrogen-bond donors (Lipinski definition) is 0. The Balaban J connectivity index is 1.56. The molecule has 0 bridgehead atoms. The van der Waals surface area contributed by atoms with E-state index >= 15 is 0 Å². The zero-order valence-corrected chi connectivity index (χ0v) is 22.7. The zero-order valence-electron chi connectivity index (χ0n) is 21.8. The predicted molar refractivity (Wildman–Crippen MR) is 136 cm³/mol. The van der Waals surface area contributed by atoms with Gasteiger partial charge in [0, 0.05) is 37.3 Å². The van der Waals surface area contributed by atoms with Gasteiger partial charge < -0.3 is 9.64 Å². The normalized spacial score (nSPS) is 19.0. The molecule has 0 radical (unpaired) electrons. The van der Waals surface area contributed by atoms with Gasteiger partial charge in [0.05, 0.1) is 22.5 Å². The lowest BCUT2D eigenvalue weighted by atomic mass is 9.95. The number of benzene rings is 1. The first kappa shape index (κ1) is 27.6. The summed E-state index contributed by atoms with van der Waals surface area (Å²) in [6, 6.07) is 6.70. The van der Waals surface area contributed by atoms with Crippen LogP contribution < -0.4 is 0 Å². The lowest BCUT2D eigenvalue weighted by molar-refractivity contribution is -0.159. The molecule has 37 heavy (non-hydrogen) atoms. The van der Waals surface area contributed by atoms with E-state index in [0.29, 0.717) is 36.1 Å². The molecule has 2 aromatic rings. The van der Waals surface area contributed by atoms with Gasteiger partial charge in [0.15, 0.2) is 14.6 Å². The highest BCUT2D eigenvalue weighted by Crippen LogP contribution is 2.41. The van der Waals surface area contributed by atoms with Crippen LogP contribution in [0.2, 0.25) is 0 Å². The fourth-order valence-corrected chi connectivity index (χ4v) is 6.58. The van der Waals surface area contributed by atoms with E-state index in [2.05, 4.69) is 14.9 Å². The molecule has 0 spiro atoms. The number of carbonyl (C=O) groups is 1. The average molecular weight is 536 g/mol. The minimum absolute atomic E-state index is 0.0525. The van der Waals surface area contributed by atoms with Gasteiger partial charge in [-0.2, -0.15) is 0 Å². The molecule has 10 heteroatoms. The van der Waals surface area contributed by atoms with E-state index in [-0.39, 0.29) is 30.6 Å². The molecule has 4 rings (SSSR count). The number of ether oxygens (including phenoxy) is 1. The molecule has 1 aromatic heterocycles. The Hall–Kier alpha value is -2.46. The molecule has 0 N–H and O–H groups in total. The molecule has 1 saturated carbocycles. The summed E-state index contributed by atoms with van der Waals surface area (Å²) in [5.41, 5.74) is 0.778. The SMILES string of the molecule is CC(F)(F)CCc1cnc(-c2ccc(S(=O)(=O)C3(C(=O)OC(C)(C)C)CCN(C4CC4)CC3)cc2)cn1. The summed E-state index contributed by atoms with van der Waals surface area (Å²) < 4.78 is 58.1. The minimum Gasteiger partial charge on any atom is -0.459 e. The second kappa shape index (κ2) is 10.0. The molecule has 2 aliphatic rings. The second-order valence-electron chi connectivity index (χ2n) is 11.3. The Bertz CT molecular complexity index is 1210. The van der Waals surface area contributed by atoms with Crippen molar-refractivity contribution >= 4 is 15.8 Å². The smallest absolute Gasteiger partial charge is 0.328 e. The van der Waals surface area contributed by atoms with E-state index in [9.17, 15) is 22.0 Å². The summed E-state index contributed by atoms with van der Waals surface area (Å²) in [6.45, 7) is 7.15. The summed E-state index contributed by atoms with van der Waals surface area (Å²) in [4.78, 5) is 24.2. The third-order valence-electron chi connectivity index (χ3n) is 6.94. The average Bonchev–Trinajstić information content (AvgIpc) is 3.67. The van der Waals surface area contributed by atoms with E-state index in [1.54, 1.807) is 32.9 Å². The highest BCUT2D eigenvalue weighted by Gasteiger charge is 2.55. The Kier molecular flexibility index (Phi) is 7.47. The number of esters is 1. The van der Waals surface area contributed by atoms with Gasteiger partial charge in [0.2, 0.25) is 5.92 Å². The van der Waals surface area contributed by atoms with E-state index in [1.807, 2.05) is 0 Å². The van der Waals surface area contributed by atoms with Gasteiger partial charge in [-0.05, 0) is 71.9 Å². The van der Waals surface area contributed by atoms with Crippen LogP contribution in [0.25, 0.3) is 11.3 Å². The number of aryl methyl sites for hydroxylation is 1. The highest BCUT2D eigenvalue weighted by molar-refractivity contribution is 7.93. The Labute approximate surface area is 217 Å². The third-order valence-corrected chi connectivity index (χ3v) is 9.44. The molecule has 7 nitrogen and oxygen atoms in total. The van der Waals surface area contributed by atoms with Crippen LogP contribution in [0.3, 0.4) is 0 Å². The van der Waals surface area contributed by atoms with Crippen molar-refractivity contribution in [3.8, 4) is 11.3 Å². The lowest BCUT2D eigenvalue weighted by Gasteiger charge is -2.40. The maximum absolute atomic E-state index is 14.0. The lowest BCUT2D eigenvalue weighted by Crippen LogP contribution is -2.56. The second-order valence-corrected chi connectivity index (χ2v) is 13.5. The van der Waals surface area contributed by atoms with Crippen molar-refractivity contribution in [1.29, 1.82) is 0 Å². The van der Waals surface area contributed by atoms with Crippen molar-refractivity contribution in [2.75, 3.05) is 13.1 Å². The highest BCUT2D eigenvalue weighted by atomic mass is 32.2. The number of rotatable bonds is 8. The summed E-state index contributed by atoms with van der Waals surface area (Å²) in [5, 5.41) is 0. The van der Waals surface area contributed by atoms with Gasteiger partial charge in [-0.1, -0.05) is 12.1 Å². The first-order valence-corrected chi connectivity index (χ1v) is 14.2. The van der Waals surface area contributed by atoms with Gasteiger partial charge in [-0.25, -0.2) is 17.2 Å². The molecule has 0 unspecified atom stereocenters. The number of aromatic nitrogens is 2. The van der Waals surface area contributed by atoms with Crippen LogP contribution in [0, 0.1) is 0 Å². The Morgan fingerprint density at radius 1 is 1.05 bits per heavy atom. The number of sulfone groups is 1. The van der Waals surface area contributed by atoms with Crippen LogP contribution in [-0.2, 0) is 25.8 Å². The summed E-state index contributed by atoms with van der Waals surface area (Å²) in [6.07, 6.45) is 5.34. The number of nitrogens with zero attached hydrogens (tertiary/aromatic N) is 3. The number of halogens is 2. The van der Waals surface area contributed by atoms with Crippen molar-refractivity contribution in [3.63, 3.8) is 0 Å². The molecule has 2 heterocycles. The van der Waals surface area contributed by atoms with Gasteiger partial charge in [-0.15, -0.1) is 0 Å². The minimum atomic E-state index is -4.06. The van der Waals surface area contributed by atoms with Crippen LogP contribution >= 0.6 is 0 Å². The van der Waals surface area contributed by atoms with Crippen LogP contribution in [0.15, 0.2) is 41.6 Å². The van der Waals surface area contributed by atoms with Gasteiger partial charge in [-0.3, -0.25) is 14.8 Å². The monoisotopic (exact) mass is 535 g/mol. The van der Waals surface area contributed by atoms with Crippen molar-refractivity contribution in [2.24, 2.45) is 0 Å². The van der Waals surface area contributed by atoms with Gasteiger partial charge in [0.25, 0.3) is 0 Å². The predicted octanol–water partition coefficient (Wildman–Crippen LogP) is 4.84. The standard InChI is InChI=1S/C27H35F2N3O4S/c1-25(2,3)36-24(33)27(13-15-32(16-14-27)21-7-8-21)37(34,35)22-9-5-19(6-10-22)23-18-30-20(17-31-23)11-12-26(4,28)29/h5-6,9-10,17-18,21H,7-8,11-16H2,1-4H3. The van der Waals surface area contributed by atoms with E-state index in [0.717, 1.165) is 19.8 Å². The van der Waals surface area contributed by atoms with Crippen molar-refractivity contribution < 1.29 is 26.7 Å². The van der Waals surface area contributed by atoms with Crippen LogP contribution in [0.1, 0.15) is 65.5 Å². The summed E-state index contributed by atoms with van der Waals surface area (Å²) >= 11 is 0. The zero-order chi connectivity index (χ0) is 27.1. The number of piperidine rings is 1. The Morgan fingerprint density at radius 3 is 2.16 bits per heavy atom. The van der Waals surface area contributed by atoms with Gasteiger partial charge >= 0.3 is 5.97 Å². The third kappa shape index (κ3) is 6.34. The van der Waals surface area contributed by atoms with Crippen LogP contribution in [0.5, 0.6) is 0 Å². The Morgan fingerprint density at radius 2 is 1.68 bits per heavy atom. The van der Waals surface area contributed by atoms with E-state index < -0.39 is 32.1 Å². The molecule has 202 valence electrons. The summed E-state index contributed by atoms with van der Waals surface area (Å²) in [7, 11) is -4.06. The number of alkyl halides is 2. The molecule has 2 fully saturated rings. The maximum Gasteiger partial charge on any atom is 0.328 e. The van der Waals surface area contributed by atoms with Crippen molar-refractivity contribution in [3.05, 3.63) is 42.4 Å². The van der Waals surface area contributed by atoms with E-state index in [4.69, 9.17) is 4.74 Å². The van der Waals surface area contributed by atoms with Crippen molar-refractivity contribution in [2.45, 2.75) is 93.4 Å². The quantitative estimate of drug-likeness (QED) is 0.447. The molecule has 1 aromatic carbocycles. The van der Waals surface area contributed by atoms with Gasteiger partial charge in [0.1, 0.15) is 5.60 Å². The fourth-order valence-electron chi connectivity index (χ4n) is 4.65. The van der Waals surface area contributed by atoms with Crippen molar-refractivity contribution in [1.82, 2.24) is 14.9 Å². The molecular weight excluding hydrogens is 500 g/mol. The molecule has 0 amide bonds. The molecule has 0 atom stereocenters. The number of likely N-dealkylation sites (tertiary alicyclic amines) is 1. The first-order chi connectivity index (χ1) is 17.2. The summed E-state index contributed by atoms with van der Waals surface area (Å²) in [5.74, 6) is -3.47. The van der Waals surface area contributed by atoms with Crippen LogP contribution in [0.4, 0.5) is 8.78 Å². The van der Waals surface area contributed by atoms with Crippen LogP contribution in [-0.4, -0.2) is 64.7 Å². The number of hydrogen-bond acceptors (Lipinski definition) is 7. The largest absolute Gasteiger partial charge is 0.459 e. The molecule has 1 aliphatic heterocycles. The number of carbonyl (C=O) groups excluding carboxylic acids is 1. The first-order valence-electron chi connectivity index (χ1n) is 12.7. The fraction of sp³-hybridized carbons (Fsp3) is 0.593. The molecule has 1 saturated heterocycles. The maximum atomic E-state index is 14.0. The van der Waals surface area contributed by atoms with E-state index in [1.165, 1.54) is 24.5 Å².